The number of nitrogens with two attached hydrogens (primary N) is 1. The highest BCUT2D eigenvalue weighted by molar-refractivity contribution is 7.99. The molecule has 1 aromatic heterocycles. The fraction of sp³-hybridized carbons (Fsp3) is 0.417. The summed E-state index contributed by atoms with van der Waals surface area (Å²) in [6.07, 6.45) is 2.56. The van der Waals surface area contributed by atoms with Crippen LogP contribution in [0.2, 0.25) is 0 Å². The van der Waals surface area contributed by atoms with Gasteiger partial charge in [-0.25, -0.2) is 4.79 Å². The summed E-state index contributed by atoms with van der Waals surface area (Å²) in [5, 5.41) is 0. The zero-order valence-electron chi connectivity index (χ0n) is 9.77. The van der Waals surface area contributed by atoms with Gasteiger partial charge in [-0.2, -0.15) is 0 Å². The Kier molecular flexibility index (Phi) is 3.05. The van der Waals surface area contributed by atoms with Gasteiger partial charge in [-0.05, 0) is 18.9 Å². The molecule has 1 aliphatic rings. The molecule has 3 rings (SSSR count). The van der Waals surface area contributed by atoms with Crippen molar-refractivity contribution in [2.75, 3.05) is 18.1 Å². The van der Waals surface area contributed by atoms with Crippen molar-refractivity contribution < 1.29 is 9.15 Å². The van der Waals surface area contributed by atoms with E-state index in [0.29, 0.717) is 22.9 Å². The highest BCUT2D eigenvalue weighted by Crippen LogP contribution is 2.31. The van der Waals surface area contributed by atoms with E-state index in [-0.39, 0.29) is 0 Å². The van der Waals surface area contributed by atoms with Crippen LogP contribution in [0.25, 0.3) is 11.1 Å². The lowest BCUT2D eigenvalue weighted by atomic mass is 10.3. The second-order valence-corrected chi connectivity index (χ2v) is 5.41. The number of fused-ring (bicyclic) bond motifs is 1. The van der Waals surface area contributed by atoms with E-state index in [0.717, 1.165) is 30.1 Å². The van der Waals surface area contributed by atoms with Crippen LogP contribution >= 0.6 is 11.8 Å². The number of hydrogen-bond donors (Lipinski definition) is 2. The first-order chi connectivity index (χ1) is 8.72. The minimum Gasteiger partial charge on any atom is -0.408 e. The highest BCUT2D eigenvalue weighted by atomic mass is 32.2. The third-order valence-corrected chi connectivity index (χ3v) is 4.20. The summed E-state index contributed by atoms with van der Waals surface area (Å²) in [5.74, 6) is 0.434. The number of oxazole rings is 1. The lowest BCUT2D eigenvalue weighted by Crippen LogP contribution is -2.07. The van der Waals surface area contributed by atoms with Crippen LogP contribution in [-0.4, -0.2) is 23.4 Å². The summed E-state index contributed by atoms with van der Waals surface area (Å²) < 4.78 is 10.5. The minimum atomic E-state index is -0.453. The van der Waals surface area contributed by atoms with Crippen molar-refractivity contribution in [3.05, 3.63) is 22.7 Å². The molecular weight excluding hydrogens is 252 g/mol. The zero-order chi connectivity index (χ0) is 12.5. The molecule has 0 saturated carbocycles. The average Bonchev–Trinajstić information content (AvgIpc) is 2.94. The van der Waals surface area contributed by atoms with Gasteiger partial charge in [0.25, 0.3) is 0 Å². The standard InChI is InChI=1S/C12H14N2O3S/c13-8-4-10-9(14-12(15)17-10)5-11(8)18-6-7-2-1-3-16-7/h4-5,7H,1-3,6,13H2,(H,14,15). The van der Waals surface area contributed by atoms with Crippen LogP contribution in [-0.2, 0) is 4.74 Å². The molecule has 1 atom stereocenters. The number of H-pyrrole nitrogens is 1. The summed E-state index contributed by atoms with van der Waals surface area (Å²) in [6, 6.07) is 3.54. The summed E-state index contributed by atoms with van der Waals surface area (Å²) >= 11 is 1.65. The molecule has 0 radical (unpaired) electrons. The first-order valence-corrected chi connectivity index (χ1v) is 6.88. The number of thioether (sulfide) groups is 1. The van der Waals surface area contributed by atoms with Gasteiger partial charge in [-0.3, -0.25) is 4.98 Å². The van der Waals surface area contributed by atoms with Crippen molar-refractivity contribution >= 4 is 28.5 Å². The van der Waals surface area contributed by atoms with E-state index in [4.69, 9.17) is 14.9 Å². The third kappa shape index (κ3) is 2.26. The van der Waals surface area contributed by atoms with Crippen molar-refractivity contribution in [3.63, 3.8) is 0 Å². The van der Waals surface area contributed by atoms with Crippen LogP contribution in [0, 0.1) is 0 Å². The van der Waals surface area contributed by atoms with Crippen LogP contribution in [0.4, 0.5) is 5.69 Å². The van der Waals surface area contributed by atoms with Crippen molar-refractivity contribution in [2.24, 2.45) is 0 Å². The van der Waals surface area contributed by atoms with Crippen molar-refractivity contribution in [3.8, 4) is 0 Å². The van der Waals surface area contributed by atoms with Gasteiger partial charge in [0.2, 0.25) is 0 Å². The number of anilines is 1. The van der Waals surface area contributed by atoms with E-state index in [9.17, 15) is 4.79 Å². The summed E-state index contributed by atoms with van der Waals surface area (Å²) in [7, 11) is 0. The molecule has 0 aliphatic carbocycles. The molecule has 1 fully saturated rings. The number of ether oxygens (including phenoxy) is 1. The maximum atomic E-state index is 11.1. The number of aromatic amines is 1. The Morgan fingerprint density at radius 2 is 2.39 bits per heavy atom. The van der Waals surface area contributed by atoms with Gasteiger partial charge >= 0.3 is 5.76 Å². The largest absolute Gasteiger partial charge is 0.417 e. The van der Waals surface area contributed by atoms with Crippen LogP contribution in [0.3, 0.4) is 0 Å². The number of nitrogen functional groups attached to an aromatic ring is 1. The molecule has 1 saturated heterocycles. The fourth-order valence-corrected chi connectivity index (χ4v) is 3.13. The molecule has 1 aromatic carbocycles. The number of aromatic nitrogens is 1. The number of nitrogens with one attached hydrogen (secondary N) is 1. The Labute approximate surface area is 108 Å². The first-order valence-electron chi connectivity index (χ1n) is 5.89. The third-order valence-electron chi connectivity index (χ3n) is 3.00. The highest BCUT2D eigenvalue weighted by Gasteiger charge is 2.16. The van der Waals surface area contributed by atoms with E-state index < -0.39 is 5.76 Å². The molecule has 96 valence electrons. The lowest BCUT2D eigenvalue weighted by molar-refractivity contribution is 0.129. The smallest absolute Gasteiger partial charge is 0.408 e. The molecule has 5 nitrogen and oxygen atoms in total. The molecule has 6 heteroatoms. The van der Waals surface area contributed by atoms with E-state index in [1.165, 1.54) is 0 Å². The second-order valence-electron chi connectivity index (χ2n) is 4.35. The molecule has 0 amide bonds. The van der Waals surface area contributed by atoms with Gasteiger partial charge in [0.1, 0.15) is 0 Å². The maximum absolute atomic E-state index is 11.1. The van der Waals surface area contributed by atoms with Crippen LogP contribution in [0.15, 0.2) is 26.2 Å². The lowest BCUT2D eigenvalue weighted by Gasteiger charge is -2.10. The van der Waals surface area contributed by atoms with E-state index in [2.05, 4.69) is 4.98 Å². The quantitative estimate of drug-likeness (QED) is 0.655. The van der Waals surface area contributed by atoms with Crippen molar-refractivity contribution in [1.82, 2.24) is 4.98 Å². The van der Waals surface area contributed by atoms with Crippen LogP contribution < -0.4 is 11.5 Å². The van der Waals surface area contributed by atoms with Gasteiger partial charge in [0.05, 0.1) is 11.6 Å². The van der Waals surface area contributed by atoms with Crippen molar-refractivity contribution in [1.29, 1.82) is 0 Å². The number of hydrogen-bond acceptors (Lipinski definition) is 5. The SMILES string of the molecule is Nc1cc2oc(=O)[nH]c2cc1SCC1CCCO1. The fourth-order valence-electron chi connectivity index (χ4n) is 2.08. The Hall–Kier alpha value is -1.40. The van der Waals surface area contributed by atoms with E-state index in [1.54, 1.807) is 17.8 Å². The summed E-state index contributed by atoms with van der Waals surface area (Å²) in [5.41, 5.74) is 7.76. The number of benzene rings is 1. The van der Waals surface area contributed by atoms with E-state index >= 15 is 0 Å². The van der Waals surface area contributed by atoms with Gasteiger partial charge in [0, 0.05) is 29.0 Å². The van der Waals surface area contributed by atoms with Gasteiger partial charge in [-0.15, -0.1) is 11.8 Å². The van der Waals surface area contributed by atoms with Gasteiger partial charge in [0.15, 0.2) is 5.58 Å². The number of rotatable bonds is 3. The second kappa shape index (κ2) is 4.70. The van der Waals surface area contributed by atoms with Gasteiger partial charge < -0.3 is 14.9 Å². The minimum absolute atomic E-state index is 0.313. The molecule has 0 bridgehead atoms. The molecule has 18 heavy (non-hydrogen) atoms. The summed E-state index contributed by atoms with van der Waals surface area (Å²) in [6.45, 7) is 0.856. The topological polar surface area (TPSA) is 81.2 Å². The zero-order valence-corrected chi connectivity index (χ0v) is 10.6. The average molecular weight is 266 g/mol. The Bertz CT molecular complexity index is 613. The molecule has 2 heterocycles. The molecule has 1 unspecified atom stereocenters. The predicted octanol–water partition coefficient (Wildman–Crippen LogP) is 1.97. The Morgan fingerprint density at radius 3 is 3.17 bits per heavy atom. The maximum Gasteiger partial charge on any atom is 0.417 e. The molecule has 3 N–H and O–H groups in total. The van der Waals surface area contributed by atoms with Crippen molar-refractivity contribution in [2.45, 2.75) is 23.8 Å². The molecule has 1 aliphatic heterocycles. The normalized spacial score (nSPS) is 19.7. The van der Waals surface area contributed by atoms with Crippen LogP contribution in [0.5, 0.6) is 0 Å². The van der Waals surface area contributed by atoms with Gasteiger partial charge in [-0.1, -0.05) is 0 Å². The predicted molar refractivity (Wildman–Crippen MR) is 70.9 cm³/mol. The van der Waals surface area contributed by atoms with E-state index in [1.807, 2.05) is 6.07 Å². The monoisotopic (exact) mass is 266 g/mol. The first kappa shape index (κ1) is 11.7. The Balaban J connectivity index is 1.81. The molecular formula is C12H14N2O3S. The summed E-state index contributed by atoms with van der Waals surface area (Å²) in [4.78, 5) is 14.7. The van der Waals surface area contributed by atoms with Crippen LogP contribution in [0.1, 0.15) is 12.8 Å². The Morgan fingerprint density at radius 1 is 1.50 bits per heavy atom. The molecule has 2 aromatic rings. The molecule has 0 spiro atoms.